The molecular weight excluding hydrogens is 209 g/mol. The molecule has 1 N–H and O–H groups in total. The van der Waals surface area contributed by atoms with E-state index in [1.165, 1.54) is 12.1 Å². The van der Waals surface area contributed by atoms with Crippen LogP contribution in [0.2, 0.25) is 0 Å². The van der Waals surface area contributed by atoms with Crippen molar-refractivity contribution in [2.24, 2.45) is 0 Å². The Morgan fingerprint density at radius 1 is 1.27 bits per heavy atom. The molecule has 0 radical (unpaired) electrons. The average molecular weight is 227 g/mol. The summed E-state index contributed by atoms with van der Waals surface area (Å²) in [5.74, 6) is 0.909. The largest absolute Gasteiger partial charge is 0.315 e. The van der Waals surface area contributed by atoms with E-state index in [9.17, 15) is 4.39 Å². The highest BCUT2D eigenvalue weighted by molar-refractivity contribution is 7.99. The monoisotopic (exact) mass is 227 g/mol. The zero-order valence-electron chi connectivity index (χ0n) is 9.29. The van der Waals surface area contributed by atoms with E-state index in [4.69, 9.17) is 0 Å². The summed E-state index contributed by atoms with van der Waals surface area (Å²) in [7, 11) is 0. The summed E-state index contributed by atoms with van der Waals surface area (Å²) in [6.45, 7) is 5.34. The Kier molecular flexibility index (Phi) is 5.73. The van der Waals surface area contributed by atoms with Crippen molar-refractivity contribution in [2.75, 3.05) is 12.3 Å². The standard InChI is InChI=1S/C12H18FNS/c1-10(2)14-8-3-9-15-12-6-4-11(13)5-7-12/h4-7,10,14H,3,8-9H2,1-2H3. The number of hydrogen-bond acceptors (Lipinski definition) is 2. The molecule has 1 aromatic carbocycles. The predicted molar refractivity (Wildman–Crippen MR) is 64.9 cm³/mol. The summed E-state index contributed by atoms with van der Waals surface area (Å²) >= 11 is 1.77. The third kappa shape index (κ3) is 5.80. The molecule has 0 aromatic heterocycles. The van der Waals surface area contributed by atoms with Crippen molar-refractivity contribution in [3.63, 3.8) is 0 Å². The highest BCUT2D eigenvalue weighted by atomic mass is 32.2. The predicted octanol–water partition coefficient (Wildman–Crippen LogP) is 3.31. The zero-order chi connectivity index (χ0) is 11.1. The van der Waals surface area contributed by atoms with E-state index in [2.05, 4.69) is 19.2 Å². The van der Waals surface area contributed by atoms with Crippen LogP contribution in [0.4, 0.5) is 4.39 Å². The first-order valence-corrected chi connectivity index (χ1v) is 6.29. The van der Waals surface area contributed by atoms with E-state index < -0.39 is 0 Å². The minimum Gasteiger partial charge on any atom is -0.315 e. The molecule has 0 saturated carbocycles. The van der Waals surface area contributed by atoms with Crippen LogP contribution in [0, 0.1) is 5.82 Å². The Balaban J connectivity index is 2.12. The fourth-order valence-corrected chi connectivity index (χ4v) is 2.04. The second kappa shape index (κ2) is 6.85. The molecule has 0 unspecified atom stereocenters. The molecule has 0 bridgehead atoms. The van der Waals surface area contributed by atoms with Gasteiger partial charge in [-0.3, -0.25) is 0 Å². The quantitative estimate of drug-likeness (QED) is 0.591. The second-order valence-corrected chi connectivity index (χ2v) is 4.93. The van der Waals surface area contributed by atoms with E-state index in [1.54, 1.807) is 11.8 Å². The van der Waals surface area contributed by atoms with Crippen molar-refractivity contribution in [3.05, 3.63) is 30.1 Å². The van der Waals surface area contributed by atoms with E-state index in [0.29, 0.717) is 6.04 Å². The Morgan fingerprint density at radius 2 is 1.93 bits per heavy atom. The first-order chi connectivity index (χ1) is 7.18. The van der Waals surface area contributed by atoms with Gasteiger partial charge < -0.3 is 5.32 Å². The molecule has 0 atom stereocenters. The first kappa shape index (κ1) is 12.5. The number of rotatable bonds is 6. The van der Waals surface area contributed by atoms with E-state index in [0.717, 1.165) is 23.6 Å². The molecule has 0 spiro atoms. The van der Waals surface area contributed by atoms with Gasteiger partial charge in [0.25, 0.3) is 0 Å². The highest BCUT2D eigenvalue weighted by Crippen LogP contribution is 2.18. The number of nitrogens with one attached hydrogen (secondary N) is 1. The minimum absolute atomic E-state index is 0.166. The molecule has 0 saturated heterocycles. The molecule has 1 rings (SSSR count). The van der Waals surface area contributed by atoms with Crippen LogP contribution in [-0.4, -0.2) is 18.3 Å². The van der Waals surface area contributed by atoms with Crippen molar-refractivity contribution in [1.82, 2.24) is 5.32 Å². The summed E-state index contributed by atoms with van der Waals surface area (Å²) in [5.41, 5.74) is 0. The molecule has 0 heterocycles. The molecule has 0 aliphatic carbocycles. The molecule has 84 valence electrons. The summed E-state index contributed by atoms with van der Waals surface area (Å²) < 4.78 is 12.6. The van der Waals surface area contributed by atoms with Gasteiger partial charge in [-0.2, -0.15) is 0 Å². The molecule has 1 aromatic rings. The lowest BCUT2D eigenvalue weighted by atomic mass is 10.3. The van der Waals surface area contributed by atoms with Gasteiger partial charge in [0.1, 0.15) is 5.82 Å². The van der Waals surface area contributed by atoms with Crippen LogP contribution < -0.4 is 5.32 Å². The van der Waals surface area contributed by atoms with Gasteiger partial charge in [0.15, 0.2) is 0 Å². The highest BCUT2D eigenvalue weighted by Gasteiger charge is 1.95. The number of thioether (sulfide) groups is 1. The molecule has 15 heavy (non-hydrogen) atoms. The van der Waals surface area contributed by atoms with Gasteiger partial charge in [-0.25, -0.2) is 4.39 Å². The number of halogens is 1. The van der Waals surface area contributed by atoms with Gasteiger partial charge in [-0.05, 0) is 43.0 Å². The fraction of sp³-hybridized carbons (Fsp3) is 0.500. The van der Waals surface area contributed by atoms with Crippen LogP contribution in [0.1, 0.15) is 20.3 Å². The van der Waals surface area contributed by atoms with Crippen LogP contribution >= 0.6 is 11.8 Å². The normalized spacial score (nSPS) is 10.9. The SMILES string of the molecule is CC(C)NCCCSc1ccc(F)cc1. The van der Waals surface area contributed by atoms with E-state index >= 15 is 0 Å². The summed E-state index contributed by atoms with van der Waals surface area (Å²) in [4.78, 5) is 1.14. The Hall–Kier alpha value is -0.540. The van der Waals surface area contributed by atoms with Crippen LogP contribution in [0.15, 0.2) is 29.2 Å². The van der Waals surface area contributed by atoms with Crippen LogP contribution in [-0.2, 0) is 0 Å². The Labute approximate surface area is 95.5 Å². The van der Waals surface area contributed by atoms with Crippen molar-refractivity contribution in [3.8, 4) is 0 Å². The average Bonchev–Trinajstić information content (AvgIpc) is 2.20. The topological polar surface area (TPSA) is 12.0 Å². The number of benzene rings is 1. The Morgan fingerprint density at radius 3 is 2.53 bits per heavy atom. The summed E-state index contributed by atoms with van der Waals surface area (Å²) in [6, 6.07) is 7.23. The van der Waals surface area contributed by atoms with Crippen LogP contribution in [0.25, 0.3) is 0 Å². The van der Waals surface area contributed by atoms with Gasteiger partial charge in [0.2, 0.25) is 0 Å². The summed E-state index contributed by atoms with van der Waals surface area (Å²) in [5, 5.41) is 3.37. The lowest BCUT2D eigenvalue weighted by molar-refractivity contribution is 0.586. The minimum atomic E-state index is -0.166. The molecule has 0 amide bonds. The molecule has 3 heteroatoms. The molecular formula is C12H18FNS. The Bertz CT molecular complexity index is 271. The van der Waals surface area contributed by atoms with Crippen molar-refractivity contribution in [1.29, 1.82) is 0 Å². The van der Waals surface area contributed by atoms with Gasteiger partial charge in [-0.1, -0.05) is 13.8 Å². The lowest BCUT2D eigenvalue weighted by Gasteiger charge is -2.07. The fourth-order valence-electron chi connectivity index (χ4n) is 1.18. The smallest absolute Gasteiger partial charge is 0.123 e. The molecule has 0 aliphatic heterocycles. The number of hydrogen-bond donors (Lipinski definition) is 1. The van der Waals surface area contributed by atoms with E-state index in [-0.39, 0.29) is 5.82 Å². The van der Waals surface area contributed by atoms with Gasteiger partial charge >= 0.3 is 0 Å². The van der Waals surface area contributed by atoms with Gasteiger partial charge in [-0.15, -0.1) is 11.8 Å². The zero-order valence-corrected chi connectivity index (χ0v) is 10.1. The molecule has 0 fully saturated rings. The maximum Gasteiger partial charge on any atom is 0.123 e. The first-order valence-electron chi connectivity index (χ1n) is 5.30. The van der Waals surface area contributed by atoms with Gasteiger partial charge in [0.05, 0.1) is 0 Å². The van der Waals surface area contributed by atoms with Crippen LogP contribution in [0.3, 0.4) is 0 Å². The van der Waals surface area contributed by atoms with Crippen LogP contribution in [0.5, 0.6) is 0 Å². The second-order valence-electron chi connectivity index (χ2n) is 3.76. The summed E-state index contributed by atoms with van der Waals surface area (Å²) in [6.07, 6.45) is 1.14. The molecule has 0 aliphatic rings. The van der Waals surface area contributed by atoms with Gasteiger partial charge in [0, 0.05) is 10.9 Å². The third-order valence-electron chi connectivity index (χ3n) is 1.96. The van der Waals surface area contributed by atoms with Crippen molar-refractivity contribution in [2.45, 2.75) is 31.2 Å². The van der Waals surface area contributed by atoms with E-state index in [1.807, 2.05) is 12.1 Å². The third-order valence-corrected chi connectivity index (χ3v) is 3.05. The lowest BCUT2D eigenvalue weighted by Crippen LogP contribution is -2.23. The van der Waals surface area contributed by atoms with Crippen molar-refractivity contribution >= 4 is 11.8 Å². The van der Waals surface area contributed by atoms with Crippen molar-refractivity contribution < 1.29 is 4.39 Å². The molecule has 1 nitrogen and oxygen atoms in total. The maximum atomic E-state index is 12.6. The maximum absolute atomic E-state index is 12.6.